The van der Waals surface area contributed by atoms with Gasteiger partial charge >= 0.3 is 0 Å². The lowest BCUT2D eigenvalue weighted by atomic mass is 9.85. The molecule has 0 fully saturated rings. The van der Waals surface area contributed by atoms with Crippen LogP contribution >= 0.6 is 0 Å². The highest BCUT2D eigenvalue weighted by Crippen LogP contribution is 2.31. The highest BCUT2D eigenvalue weighted by Gasteiger charge is 2.31. The van der Waals surface area contributed by atoms with E-state index in [-0.39, 0.29) is 12.1 Å². The summed E-state index contributed by atoms with van der Waals surface area (Å²) in [6.07, 6.45) is 8.41. The van der Waals surface area contributed by atoms with Crippen molar-refractivity contribution < 1.29 is 5.11 Å². The third-order valence-corrected chi connectivity index (χ3v) is 4.00. The molecule has 3 rings (SSSR count). The van der Waals surface area contributed by atoms with Gasteiger partial charge in [-0.3, -0.25) is 0 Å². The van der Waals surface area contributed by atoms with Crippen LogP contribution in [0.15, 0.2) is 36.4 Å². The average molecular weight is 229 g/mol. The molecule has 17 heavy (non-hydrogen) atoms. The van der Waals surface area contributed by atoms with E-state index < -0.39 is 0 Å². The number of para-hydroxylation sites is 1. The average Bonchev–Trinajstić information content (AvgIpc) is 2.82. The third kappa shape index (κ3) is 2.09. The fraction of sp³-hybridized carbons (Fsp3) is 0.467. The van der Waals surface area contributed by atoms with Crippen molar-refractivity contribution in [2.75, 3.05) is 5.32 Å². The van der Waals surface area contributed by atoms with Crippen molar-refractivity contribution in [2.24, 2.45) is 5.92 Å². The Hall–Kier alpha value is -1.28. The summed E-state index contributed by atoms with van der Waals surface area (Å²) in [6.45, 7) is 0. The van der Waals surface area contributed by atoms with Crippen LogP contribution in [-0.2, 0) is 6.42 Å². The molecule has 1 aliphatic heterocycles. The van der Waals surface area contributed by atoms with Gasteiger partial charge in [0.05, 0.1) is 12.1 Å². The molecule has 0 saturated carbocycles. The normalized spacial score (nSPS) is 28.5. The summed E-state index contributed by atoms with van der Waals surface area (Å²) in [4.78, 5) is 0. The number of rotatable bonds is 2. The summed E-state index contributed by atoms with van der Waals surface area (Å²) in [5.74, 6) is 0.423. The molecule has 2 aliphatic rings. The first-order valence-electron chi connectivity index (χ1n) is 6.52. The van der Waals surface area contributed by atoms with Gasteiger partial charge in [-0.05, 0) is 43.2 Å². The van der Waals surface area contributed by atoms with Gasteiger partial charge in [0, 0.05) is 5.69 Å². The molecule has 3 atom stereocenters. The monoisotopic (exact) mass is 229 g/mol. The van der Waals surface area contributed by atoms with Gasteiger partial charge < -0.3 is 10.4 Å². The number of nitrogens with one attached hydrogen (secondary N) is 1. The number of hydrogen-bond donors (Lipinski definition) is 2. The molecule has 1 aromatic rings. The Kier molecular flexibility index (Phi) is 2.89. The maximum Gasteiger partial charge on any atom is 0.0775 e. The van der Waals surface area contributed by atoms with Gasteiger partial charge in [-0.25, -0.2) is 0 Å². The summed E-state index contributed by atoms with van der Waals surface area (Å²) in [5, 5.41) is 13.9. The lowest BCUT2D eigenvalue weighted by molar-refractivity contribution is 0.0851. The van der Waals surface area contributed by atoms with Gasteiger partial charge in [-0.1, -0.05) is 30.4 Å². The molecule has 1 heterocycles. The number of anilines is 1. The van der Waals surface area contributed by atoms with Crippen LogP contribution < -0.4 is 5.32 Å². The Labute approximate surface area is 102 Å². The zero-order valence-corrected chi connectivity index (χ0v) is 9.97. The van der Waals surface area contributed by atoms with E-state index in [0.717, 1.165) is 25.7 Å². The van der Waals surface area contributed by atoms with Crippen molar-refractivity contribution in [3.8, 4) is 0 Å². The van der Waals surface area contributed by atoms with E-state index in [1.54, 1.807) is 0 Å². The standard InChI is InChI=1S/C15H19NO/c17-15(11-6-2-1-3-7-11)14-10-12-8-4-5-9-13(12)16-14/h1-2,4-5,8-9,11,14-17H,3,6-7,10H2. The fourth-order valence-corrected chi connectivity index (χ4v) is 2.99. The molecule has 1 aromatic carbocycles. The molecule has 90 valence electrons. The molecular weight excluding hydrogens is 210 g/mol. The zero-order valence-electron chi connectivity index (χ0n) is 9.97. The first kappa shape index (κ1) is 10.8. The molecule has 0 aromatic heterocycles. The quantitative estimate of drug-likeness (QED) is 0.764. The van der Waals surface area contributed by atoms with Crippen LogP contribution in [0.25, 0.3) is 0 Å². The minimum Gasteiger partial charge on any atom is -0.391 e. The fourth-order valence-electron chi connectivity index (χ4n) is 2.99. The van der Waals surface area contributed by atoms with E-state index in [9.17, 15) is 5.11 Å². The molecule has 0 bridgehead atoms. The first-order chi connectivity index (χ1) is 8.34. The second-order valence-corrected chi connectivity index (χ2v) is 5.15. The second kappa shape index (κ2) is 4.53. The predicted octanol–water partition coefficient (Wildman–Crippen LogP) is 2.74. The van der Waals surface area contributed by atoms with Gasteiger partial charge in [0.1, 0.15) is 0 Å². The van der Waals surface area contributed by atoms with Crippen molar-refractivity contribution >= 4 is 5.69 Å². The van der Waals surface area contributed by atoms with E-state index in [1.165, 1.54) is 11.3 Å². The van der Waals surface area contributed by atoms with E-state index in [2.05, 4.69) is 35.7 Å². The van der Waals surface area contributed by atoms with E-state index in [0.29, 0.717) is 5.92 Å². The van der Waals surface area contributed by atoms with Crippen LogP contribution in [0, 0.1) is 5.92 Å². The maximum atomic E-state index is 10.4. The highest BCUT2D eigenvalue weighted by atomic mass is 16.3. The number of benzene rings is 1. The van der Waals surface area contributed by atoms with E-state index >= 15 is 0 Å². The smallest absolute Gasteiger partial charge is 0.0775 e. The lowest BCUT2D eigenvalue weighted by Crippen LogP contribution is -2.38. The Bertz CT molecular complexity index is 402. The van der Waals surface area contributed by atoms with Crippen LogP contribution in [0.4, 0.5) is 5.69 Å². The van der Waals surface area contributed by atoms with Crippen LogP contribution in [0.5, 0.6) is 0 Å². The Balaban J connectivity index is 1.69. The molecule has 2 N–H and O–H groups in total. The van der Waals surface area contributed by atoms with Crippen LogP contribution in [0.3, 0.4) is 0 Å². The molecule has 3 unspecified atom stereocenters. The molecule has 2 nitrogen and oxygen atoms in total. The summed E-state index contributed by atoms with van der Waals surface area (Å²) >= 11 is 0. The number of allylic oxidation sites excluding steroid dienone is 2. The van der Waals surface area contributed by atoms with Crippen LogP contribution in [0.1, 0.15) is 24.8 Å². The van der Waals surface area contributed by atoms with Crippen LogP contribution in [0.2, 0.25) is 0 Å². The molecule has 0 amide bonds. The number of aliphatic hydroxyl groups is 1. The van der Waals surface area contributed by atoms with Gasteiger partial charge in [0.2, 0.25) is 0 Å². The molecule has 0 radical (unpaired) electrons. The van der Waals surface area contributed by atoms with E-state index in [1.807, 2.05) is 6.07 Å². The number of hydrogen-bond acceptors (Lipinski definition) is 2. The van der Waals surface area contributed by atoms with E-state index in [4.69, 9.17) is 0 Å². The van der Waals surface area contributed by atoms with Gasteiger partial charge in [0.25, 0.3) is 0 Å². The van der Waals surface area contributed by atoms with Crippen molar-refractivity contribution in [2.45, 2.75) is 37.8 Å². The molecule has 0 saturated heterocycles. The minimum atomic E-state index is -0.229. The van der Waals surface area contributed by atoms with Crippen molar-refractivity contribution in [1.29, 1.82) is 0 Å². The number of fused-ring (bicyclic) bond motifs is 1. The first-order valence-corrected chi connectivity index (χ1v) is 6.52. The largest absolute Gasteiger partial charge is 0.391 e. The Morgan fingerprint density at radius 3 is 2.88 bits per heavy atom. The topological polar surface area (TPSA) is 32.3 Å². The lowest BCUT2D eigenvalue weighted by Gasteiger charge is -2.28. The summed E-state index contributed by atoms with van der Waals surface area (Å²) < 4.78 is 0. The van der Waals surface area contributed by atoms with Gasteiger partial charge in [-0.15, -0.1) is 0 Å². The molecule has 1 aliphatic carbocycles. The molecule has 0 spiro atoms. The zero-order chi connectivity index (χ0) is 11.7. The maximum absolute atomic E-state index is 10.4. The van der Waals surface area contributed by atoms with Crippen molar-refractivity contribution in [3.05, 3.63) is 42.0 Å². The van der Waals surface area contributed by atoms with Crippen molar-refractivity contribution in [3.63, 3.8) is 0 Å². The van der Waals surface area contributed by atoms with Crippen molar-refractivity contribution in [1.82, 2.24) is 0 Å². The predicted molar refractivity (Wildman–Crippen MR) is 70.0 cm³/mol. The van der Waals surface area contributed by atoms with Gasteiger partial charge in [0.15, 0.2) is 0 Å². The summed E-state index contributed by atoms with van der Waals surface area (Å²) in [7, 11) is 0. The Morgan fingerprint density at radius 2 is 2.12 bits per heavy atom. The summed E-state index contributed by atoms with van der Waals surface area (Å²) in [5.41, 5.74) is 2.53. The SMILES string of the molecule is OC(C1CC=CCC1)C1Cc2ccccc2N1. The Morgan fingerprint density at radius 1 is 1.24 bits per heavy atom. The number of aliphatic hydroxyl groups excluding tert-OH is 1. The summed E-state index contributed by atoms with van der Waals surface area (Å²) in [6, 6.07) is 8.56. The second-order valence-electron chi connectivity index (χ2n) is 5.15. The van der Waals surface area contributed by atoms with Crippen LogP contribution in [-0.4, -0.2) is 17.3 Å². The molecule has 2 heteroatoms. The van der Waals surface area contributed by atoms with Gasteiger partial charge in [-0.2, -0.15) is 0 Å². The molecular formula is C15H19NO. The third-order valence-electron chi connectivity index (χ3n) is 4.00. The minimum absolute atomic E-state index is 0.198. The highest BCUT2D eigenvalue weighted by molar-refractivity contribution is 5.56.